The lowest BCUT2D eigenvalue weighted by atomic mass is 9.98. The fraction of sp³-hybridized carbons (Fsp3) is 0.300. The molecule has 0 aliphatic heterocycles. The Morgan fingerprint density at radius 3 is 2.35 bits per heavy atom. The molecule has 0 saturated heterocycles. The van der Waals surface area contributed by atoms with Gasteiger partial charge in [-0.05, 0) is 17.2 Å². The zero-order valence-corrected chi connectivity index (χ0v) is 9.44. The number of aliphatic carboxylic acids is 1. The normalized spacial score (nSPS) is 10.8. The second-order valence-electron chi connectivity index (χ2n) is 3.22. The zero-order chi connectivity index (χ0) is 12.3. The van der Waals surface area contributed by atoms with Crippen molar-refractivity contribution >= 4 is 18.4 Å². The highest BCUT2D eigenvalue weighted by Crippen LogP contribution is 2.33. The van der Waals surface area contributed by atoms with E-state index in [-0.39, 0.29) is 30.1 Å². The second kappa shape index (κ2) is 5.88. The molecular weight excluding hydrogens is 259 g/mol. The van der Waals surface area contributed by atoms with Crippen LogP contribution < -0.4 is 5.73 Å². The van der Waals surface area contributed by atoms with E-state index in [2.05, 4.69) is 0 Å². The summed E-state index contributed by atoms with van der Waals surface area (Å²) in [5, 5.41) is 8.56. The Kier molecular flexibility index (Phi) is 5.44. The number of hydrogen-bond acceptors (Lipinski definition) is 2. The SMILES string of the molecule is Cl.NCc1c(CC(=O)O)cccc1C(F)(F)F. The number of rotatable bonds is 3. The van der Waals surface area contributed by atoms with E-state index < -0.39 is 24.1 Å². The lowest BCUT2D eigenvalue weighted by Crippen LogP contribution is -2.15. The Labute approximate surface area is 102 Å². The molecule has 1 aromatic rings. The molecule has 0 bridgehead atoms. The lowest BCUT2D eigenvalue weighted by molar-refractivity contribution is -0.139. The molecule has 0 fully saturated rings. The van der Waals surface area contributed by atoms with E-state index in [0.29, 0.717) is 0 Å². The number of benzene rings is 1. The molecule has 0 aromatic heterocycles. The maximum Gasteiger partial charge on any atom is 0.416 e. The van der Waals surface area contributed by atoms with Crippen LogP contribution in [0.1, 0.15) is 16.7 Å². The predicted octanol–water partition coefficient (Wildman–Crippen LogP) is 2.21. The van der Waals surface area contributed by atoms with Crippen LogP contribution in [-0.2, 0) is 23.9 Å². The fourth-order valence-corrected chi connectivity index (χ4v) is 1.47. The molecule has 0 heterocycles. The lowest BCUT2D eigenvalue weighted by Gasteiger charge is -2.14. The summed E-state index contributed by atoms with van der Waals surface area (Å²) in [5.74, 6) is -1.19. The standard InChI is InChI=1S/C10H10F3NO2.ClH/c11-10(12,13)8-3-1-2-6(4-9(15)16)7(8)5-14;/h1-3H,4-5,14H2,(H,15,16);1H. The first-order chi connectivity index (χ1) is 7.36. The summed E-state index contributed by atoms with van der Waals surface area (Å²) >= 11 is 0. The van der Waals surface area contributed by atoms with Gasteiger partial charge in [-0.3, -0.25) is 4.79 Å². The van der Waals surface area contributed by atoms with Gasteiger partial charge in [0.05, 0.1) is 12.0 Å². The number of carbonyl (C=O) groups is 1. The van der Waals surface area contributed by atoms with E-state index in [1.165, 1.54) is 12.1 Å². The molecule has 0 aliphatic carbocycles. The molecule has 1 aromatic carbocycles. The fourth-order valence-electron chi connectivity index (χ4n) is 1.47. The number of carboxylic acid groups (broad SMARTS) is 1. The van der Waals surface area contributed by atoms with Crippen LogP contribution in [0.25, 0.3) is 0 Å². The molecule has 0 saturated carbocycles. The van der Waals surface area contributed by atoms with Gasteiger partial charge in [-0.25, -0.2) is 0 Å². The minimum atomic E-state index is -4.51. The molecule has 3 nitrogen and oxygen atoms in total. The van der Waals surface area contributed by atoms with Gasteiger partial charge in [0.2, 0.25) is 0 Å². The second-order valence-corrected chi connectivity index (χ2v) is 3.22. The largest absolute Gasteiger partial charge is 0.481 e. The molecular formula is C10H11ClF3NO2. The Bertz CT molecular complexity index is 407. The molecule has 96 valence electrons. The van der Waals surface area contributed by atoms with E-state index in [0.717, 1.165) is 6.07 Å². The van der Waals surface area contributed by atoms with Crippen LogP contribution in [0.4, 0.5) is 13.2 Å². The molecule has 1 rings (SSSR count). The molecule has 0 unspecified atom stereocenters. The van der Waals surface area contributed by atoms with Gasteiger partial charge in [-0.15, -0.1) is 12.4 Å². The summed E-state index contributed by atoms with van der Waals surface area (Å²) < 4.78 is 37.6. The molecule has 0 amide bonds. The van der Waals surface area contributed by atoms with Gasteiger partial charge in [-0.1, -0.05) is 12.1 Å². The Morgan fingerprint density at radius 2 is 1.94 bits per heavy atom. The maximum atomic E-state index is 12.5. The van der Waals surface area contributed by atoms with Crippen molar-refractivity contribution in [2.24, 2.45) is 5.73 Å². The van der Waals surface area contributed by atoms with Gasteiger partial charge in [0.1, 0.15) is 0 Å². The van der Waals surface area contributed by atoms with Gasteiger partial charge in [0.15, 0.2) is 0 Å². The number of halogens is 4. The summed E-state index contributed by atoms with van der Waals surface area (Å²) in [7, 11) is 0. The molecule has 17 heavy (non-hydrogen) atoms. The summed E-state index contributed by atoms with van der Waals surface area (Å²) in [4.78, 5) is 10.5. The first kappa shape index (κ1) is 15.7. The Hall–Kier alpha value is -1.27. The Morgan fingerprint density at radius 1 is 1.35 bits per heavy atom. The van der Waals surface area contributed by atoms with Crippen LogP contribution in [0.15, 0.2) is 18.2 Å². The first-order valence-electron chi connectivity index (χ1n) is 4.46. The number of alkyl halides is 3. The van der Waals surface area contributed by atoms with Crippen LogP contribution >= 0.6 is 12.4 Å². The van der Waals surface area contributed by atoms with Gasteiger partial charge in [0.25, 0.3) is 0 Å². The van der Waals surface area contributed by atoms with Crippen LogP contribution in [0, 0.1) is 0 Å². The van der Waals surface area contributed by atoms with E-state index in [4.69, 9.17) is 10.8 Å². The highest BCUT2D eigenvalue weighted by Gasteiger charge is 2.33. The molecule has 0 radical (unpaired) electrons. The maximum absolute atomic E-state index is 12.5. The molecule has 0 atom stereocenters. The molecule has 3 N–H and O–H groups in total. The topological polar surface area (TPSA) is 63.3 Å². The van der Waals surface area contributed by atoms with Crippen molar-refractivity contribution in [1.29, 1.82) is 0 Å². The highest BCUT2D eigenvalue weighted by atomic mass is 35.5. The zero-order valence-electron chi connectivity index (χ0n) is 8.62. The van der Waals surface area contributed by atoms with Crippen LogP contribution in [0.5, 0.6) is 0 Å². The van der Waals surface area contributed by atoms with Crippen molar-refractivity contribution in [3.8, 4) is 0 Å². The van der Waals surface area contributed by atoms with Crippen molar-refractivity contribution in [3.63, 3.8) is 0 Å². The minimum absolute atomic E-state index is 0. The quantitative estimate of drug-likeness (QED) is 0.884. The van der Waals surface area contributed by atoms with Crippen molar-refractivity contribution < 1.29 is 23.1 Å². The van der Waals surface area contributed by atoms with Gasteiger partial charge >= 0.3 is 12.1 Å². The van der Waals surface area contributed by atoms with Crippen LogP contribution in [-0.4, -0.2) is 11.1 Å². The third-order valence-corrected chi connectivity index (χ3v) is 2.12. The van der Waals surface area contributed by atoms with Gasteiger partial charge in [0, 0.05) is 6.54 Å². The van der Waals surface area contributed by atoms with E-state index in [1.807, 2.05) is 0 Å². The first-order valence-corrected chi connectivity index (χ1v) is 4.46. The molecule has 7 heteroatoms. The van der Waals surface area contributed by atoms with E-state index in [9.17, 15) is 18.0 Å². The third kappa shape index (κ3) is 3.90. The van der Waals surface area contributed by atoms with Crippen molar-refractivity contribution in [2.45, 2.75) is 19.1 Å². The van der Waals surface area contributed by atoms with Crippen molar-refractivity contribution in [1.82, 2.24) is 0 Å². The van der Waals surface area contributed by atoms with Crippen molar-refractivity contribution in [3.05, 3.63) is 34.9 Å². The summed E-state index contributed by atoms with van der Waals surface area (Å²) in [6, 6.07) is 3.42. The van der Waals surface area contributed by atoms with Crippen LogP contribution in [0.3, 0.4) is 0 Å². The van der Waals surface area contributed by atoms with Gasteiger partial charge < -0.3 is 10.8 Å². The Balaban J connectivity index is 0.00000256. The summed E-state index contributed by atoms with van der Waals surface area (Å²) in [6.07, 6.45) is -4.97. The average Bonchev–Trinajstić information content (AvgIpc) is 2.15. The van der Waals surface area contributed by atoms with E-state index >= 15 is 0 Å². The monoisotopic (exact) mass is 269 g/mol. The third-order valence-electron chi connectivity index (χ3n) is 2.12. The van der Waals surface area contributed by atoms with Gasteiger partial charge in [-0.2, -0.15) is 13.2 Å². The minimum Gasteiger partial charge on any atom is -0.481 e. The average molecular weight is 270 g/mol. The number of nitrogens with two attached hydrogens (primary N) is 1. The highest BCUT2D eigenvalue weighted by molar-refractivity contribution is 5.85. The predicted molar refractivity (Wildman–Crippen MR) is 57.9 cm³/mol. The van der Waals surface area contributed by atoms with Crippen LogP contribution in [0.2, 0.25) is 0 Å². The molecule has 0 spiro atoms. The molecule has 0 aliphatic rings. The van der Waals surface area contributed by atoms with E-state index in [1.54, 1.807) is 0 Å². The number of hydrogen-bond donors (Lipinski definition) is 2. The smallest absolute Gasteiger partial charge is 0.416 e. The summed E-state index contributed by atoms with van der Waals surface area (Å²) in [6.45, 7) is -0.335. The van der Waals surface area contributed by atoms with Crippen molar-refractivity contribution in [2.75, 3.05) is 0 Å². The summed E-state index contributed by atoms with van der Waals surface area (Å²) in [5.41, 5.74) is 4.31. The number of carboxylic acids is 1.